The maximum atomic E-state index is 12.3. The Labute approximate surface area is 186 Å². The summed E-state index contributed by atoms with van der Waals surface area (Å²) in [6.45, 7) is 0. The molecular weight excluding hydrogens is 444 g/mol. The fourth-order valence-corrected chi connectivity index (χ4v) is 5.57. The largest absolute Gasteiger partial charge is 0.497 e. The minimum Gasteiger partial charge on any atom is -0.497 e. The molecule has 4 nitrogen and oxygen atoms in total. The van der Waals surface area contributed by atoms with E-state index in [1.165, 1.54) is 11.8 Å². The van der Waals surface area contributed by atoms with Gasteiger partial charge in [-0.15, -0.1) is 11.3 Å². The van der Waals surface area contributed by atoms with Gasteiger partial charge in [0, 0.05) is 14.8 Å². The van der Waals surface area contributed by atoms with E-state index in [0.29, 0.717) is 10.1 Å². The average Bonchev–Trinajstić information content (AvgIpc) is 3.30. The van der Waals surface area contributed by atoms with Gasteiger partial charge in [-0.05, 0) is 78.5 Å². The summed E-state index contributed by atoms with van der Waals surface area (Å²) in [4.78, 5) is 19.5. The maximum Gasteiger partial charge on any atom is 0.264 e. The molecule has 1 saturated heterocycles. The number of hydrogen-bond acceptors (Lipinski definition) is 6. The number of halogens is 1. The molecular formula is C21H15ClN2O2S3. The molecule has 146 valence electrons. The number of nitrogens with one attached hydrogen (secondary N) is 1. The van der Waals surface area contributed by atoms with E-state index in [4.69, 9.17) is 16.3 Å². The molecule has 1 N–H and O–H groups in total. The Hall–Kier alpha value is -2.19. The van der Waals surface area contributed by atoms with Gasteiger partial charge in [-0.2, -0.15) is 0 Å². The molecule has 2 heterocycles. The Morgan fingerprint density at radius 1 is 1.07 bits per heavy atom. The molecule has 0 bridgehead atoms. The minimum atomic E-state index is -0.137. The fraction of sp³-hybridized carbons (Fsp3) is 0.0476. The van der Waals surface area contributed by atoms with Gasteiger partial charge in [0.1, 0.15) is 5.75 Å². The van der Waals surface area contributed by atoms with E-state index < -0.39 is 0 Å². The standard InChI is InChI=1S/C21H15ClN2O2S3/c1-26-15-6-4-14(5-7-15)23-21-24-20(25)18(29-21)12-17-10-11-19(28-17)27-16-8-2-13(22)3-9-16/h2-12H,1H3,(H,23,24,25)/b18-12-. The number of carbonyl (C=O) groups is 1. The summed E-state index contributed by atoms with van der Waals surface area (Å²) in [5.41, 5.74) is 0.757. The Morgan fingerprint density at radius 3 is 2.55 bits per heavy atom. The van der Waals surface area contributed by atoms with Crippen molar-refractivity contribution in [3.05, 3.63) is 75.5 Å². The smallest absolute Gasteiger partial charge is 0.264 e. The van der Waals surface area contributed by atoms with Gasteiger partial charge in [-0.25, -0.2) is 4.99 Å². The van der Waals surface area contributed by atoms with Crippen LogP contribution in [0.2, 0.25) is 5.02 Å². The molecule has 0 atom stereocenters. The van der Waals surface area contributed by atoms with Crippen LogP contribution in [0.4, 0.5) is 5.69 Å². The number of amidine groups is 1. The first-order valence-corrected chi connectivity index (χ1v) is 11.4. The van der Waals surface area contributed by atoms with Crippen molar-refractivity contribution in [2.45, 2.75) is 9.10 Å². The number of methoxy groups -OCH3 is 1. The van der Waals surface area contributed by atoms with E-state index in [-0.39, 0.29) is 5.91 Å². The van der Waals surface area contributed by atoms with Crippen molar-refractivity contribution in [3.8, 4) is 5.75 Å². The summed E-state index contributed by atoms with van der Waals surface area (Å²) in [7, 11) is 1.62. The van der Waals surface area contributed by atoms with Crippen LogP contribution in [-0.2, 0) is 4.79 Å². The zero-order chi connectivity index (χ0) is 20.2. The third kappa shape index (κ3) is 5.25. The summed E-state index contributed by atoms with van der Waals surface area (Å²) < 4.78 is 6.29. The van der Waals surface area contributed by atoms with Crippen LogP contribution in [0.5, 0.6) is 5.75 Å². The van der Waals surface area contributed by atoms with Crippen LogP contribution in [0.3, 0.4) is 0 Å². The number of ether oxygens (including phenoxy) is 1. The number of benzene rings is 2. The minimum absolute atomic E-state index is 0.137. The van der Waals surface area contributed by atoms with Crippen LogP contribution in [0.15, 0.2) is 79.7 Å². The molecule has 3 aromatic rings. The van der Waals surface area contributed by atoms with Crippen molar-refractivity contribution in [1.82, 2.24) is 5.32 Å². The molecule has 1 amide bonds. The lowest BCUT2D eigenvalue weighted by molar-refractivity contribution is -0.115. The van der Waals surface area contributed by atoms with Crippen LogP contribution < -0.4 is 10.1 Å². The third-order valence-electron chi connectivity index (χ3n) is 3.86. The number of nitrogens with zero attached hydrogens (tertiary/aromatic N) is 1. The number of amides is 1. The average molecular weight is 459 g/mol. The summed E-state index contributed by atoms with van der Waals surface area (Å²) in [5.74, 6) is 0.630. The molecule has 0 spiro atoms. The second kappa shape index (κ2) is 9.09. The lowest BCUT2D eigenvalue weighted by Gasteiger charge is -1.99. The van der Waals surface area contributed by atoms with E-state index in [2.05, 4.69) is 16.4 Å². The van der Waals surface area contributed by atoms with Crippen molar-refractivity contribution >= 4 is 69.3 Å². The molecule has 29 heavy (non-hydrogen) atoms. The lowest BCUT2D eigenvalue weighted by Crippen LogP contribution is -2.19. The van der Waals surface area contributed by atoms with Crippen LogP contribution in [0, 0.1) is 0 Å². The van der Waals surface area contributed by atoms with Gasteiger partial charge in [-0.3, -0.25) is 4.79 Å². The predicted octanol–water partition coefficient (Wildman–Crippen LogP) is 6.45. The molecule has 0 unspecified atom stereocenters. The molecule has 0 aliphatic carbocycles. The Kier molecular flexibility index (Phi) is 6.30. The number of rotatable bonds is 5. The van der Waals surface area contributed by atoms with Crippen molar-refractivity contribution in [3.63, 3.8) is 0 Å². The molecule has 0 saturated carbocycles. The zero-order valence-corrected chi connectivity index (χ0v) is 18.4. The van der Waals surface area contributed by atoms with Gasteiger partial charge >= 0.3 is 0 Å². The topological polar surface area (TPSA) is 50.7 Å². The van der Waals surface area contributed by atoms with Crippen LogP contribution in [0.25, 0.3) is 6.08 Å². The van der Waals surface area contributed by atoms with Crippen LogP contribution >= 0.6 is 46.5 Å². The first-order valence-electron chi connectivity index (χ1n) is 8.56. The highest BCUT2D eigenvalue weighted by molar-refractivity contribution is 8.18. The second-order valence-corrected chi connectivity index (χ2v) is 9.85. The molecule has 8 heteroatoms. The number of hydrogen-bond donors (Lipinski definition) is 1. The fourth-order valence-electron chi connectivity index (χ4n) is 2.47. The number of thiophene rings is 1. The van der Waals surface area contributed by atoms with Gasteiger partial charge < -0.3 is 10.1 Å². The van der Waals surface area contributed by atoms with Gasteiger partial charge in [0.25, 0.3) is 5.91 Å². The highest BCUT2D eigenvalue weighted by Crippen LogP contribution is 2.36. The number of aliphatic imine (C=N–C) groups is 1. The number of thioether (sulfide) groups is 1. The first-order chi connectivity index (χ1) is 14.1. The van der Waals surface area contributed by atoms with Gasteiger partial charge in [0.05, 0.1) is 21.9 Å². The third-order valence-corrected chi connectivity index (χ3v) is 7.20. The lowest BCUT2D eigenvalue weighted by atomic mass is 10.3. The summed E-state index contributed by atoms with van der Waals surface area (Å²) in [5, 5.41) is 4.11. The van der Waals surface area contributed by atoms with E-state index in [9.17, 15) is 4.79 Å². The summed E-state index contributed by atoms with van der Waals surface area (Å²) in [6.07, 6.45) is 1.90. The monoisotopic (exact) mass is 458 g/mol. The van der Waals surface area contributed by atoms with Crippen molar-refractivity contribution in [1.29, 1.82) is 0 Å². The molecule has 0 radical (unpaired) electrons. The Bertz CT molecular complexity index is 1090. The zero-order valence-electron chi connectivity index (χ0n) is 15.2. The Balaban J connectivity index is 1.45. The quantitative estimate of drug-likeness (QED) is 0.446. The molecule has 2 aromatic carbocycles. The normalized spacial score (nSPS) is 16.4. The highest BCUT2D eigenvalue weighted by atomic mass is 35.5. The summed E-state index contributed by atoms with van der Waals surface area (Å²) >= 11 is 10.6. The van der Waals surface area contributed by atoms with Crippen LogP contribution in [0.1, 0.15) is 4.88 Å². The van der Waals surface area contributed by atoms with Gasteiger partial charge in [-0.1, -0.05) is 23.4 Å². The molecule has 1 aliphatic rings. The highest BCUT2D eigenvalue weighted by Gasteiger charge is 2.24. The molecule has 1 aliphatic heterocycles. The maximum absolute atomic E-state index is 12.3. The molecule has 1 fully saturated rings. The molecule has 4 rings (SSSR count). The molecule has 1 aromatic heterocycles. The SMILES string of the molecule is COc1ccc(N=C2NC(=O)/C(=C/c3ccc(Sc4ccc(Cl)cc4)s3)S2)cc1. The van der Waals surface area contributed by atoms with Crippen molar-refractivity contribution < 1.29 is 9.53 Å². The predicted molar refractivity (Wildman–Crippen MR) is 124 cm³/mol. The van der Waals surface area contributed by atoms with Crippen LogP contribution in [-0.4, -0.2) is 18.2 Å². The van der Waals surface area contributed by atoms with E-state index in [0.717, 1.165) is 30.4 Å². The summed E-state index contributed by atoms with van der Waals surface area (Å²) in [6, 6.07) is 19.2. The van der Waals surface area contributed by atoms with E-state index in [1.54, 1.807) is 30.2 Å². The second-order valence-electron chi connectivity index (χ2n) is 5.89. The number of carbonyl (C=O) groups excluding carboxylic acids is 1. The van der Waals surface area contributed by atoms with Crippen molar-refractivity contribution in [2.24, 2.45) is 4.99 Å². The van der Waals surface area contributed by atoms with E-state index >= 15 is 0 Å². The van der Waals surface area contributed by atoms with Gasteiger partial charge in [0.2, 0.25) is 0 Å². The van der Waals surface area contributed by atoms with Crippen molar-refractivity contribution in [2.75, 3.05) is 7.11 Å². The first kappa shape index (κ1) is 20.1. The van der Waals surface area contributed by atoms with E-state index in [1.807, 2.05) is 60.7 Å². The Morgan fingerprint density at radius 2 is 1.83 bits per heavy atom. The van der Waals surface area contributed by atoms with Gasteiger partial charge in [0.15, 0.2) is 5.17 Å².